The van der Waals surface area contributed by atoms with Gasteiger partial charge in [0.2, 0.25) is 0 Å². The highest BCUT2D eigenvalue weighted by molar-refractivity contribution is 6.11. The van der Waals surface area contributed by atoms with E-state index >= 15 is 0 Å². The van der Waals surface area contributed by atoms with Crippen LogP contribution in [0.2, 0.25) is 0 Å². The van der Waals surface area contributed by atoms with E-state index < -0.39 is 10.8 Å². The number of fused-ring (bicyclic) bond motifs is 1. The molecule has 0 aromatic heterocycles. The zero-order valence-electron chi connectivity index (χ0n) is 17.0. The number of hydrogen-bond donors (Lipinski definition) is 2. The van der Waals surface area contributed by atoms with E-state index in [-0.39, 0.29) is 28.4 Å². The van der Waals surface area contributed by atoms with Crippen LogP contribution in [0.1, 0.15) is 15.9 Å². The SMILES string of the molecule is Cc1ccccc1NC(=O)c1cc2ccccc2c(N=Nc2cccc([N+](=O)[O-])c2)c1O. The molecule has 4 rings (SSSR count). The summed E-state index contributed by atoms with van der Waals surface area (Å²) in [6, 6.07) is 21.7. The van der Waals surface area contributed by atoms with Crippen molar-refractivity contribution in [3.05, 3.63) is 100 Å². The van der Waals surface area contributed by atoms with Crippen LogP contribution in [0.25, 0.3) is 10.8 Å². The van der Waals surface area contributed by atoms with Gasteiger partial charge in [-0.3, -0.25) is 14.9 Å². The number of hydrogen-bond acceptors (Lipinski definition) is 6. The summed E-state index contributed by atoms with van der Waals surface area (Å²) >= 11 is 0. The highest BCUT2D eigenvalue weighted by atomic mass is 16.6. The van der Waals surface area contributed by atoms with Gasteiger partial charge in [0.05, 0.1) is 16.2 Å². The van der Waals surface area contributed by atoms with Crippen molar-refractivity contribution in [2.24, 2.45) is 10.2 Å². The summed E-state index contributed by atoms with van der Waals surface area (Å²) in [5, 5.41) is 34.2. The van der Waals surface area contributed by atoms with Gasteiger partial charge in [-0.05, 0) is 36.1 Å². The Balaban J connectivity index is 1.78. The summed E-state index contributed by atoms with van der Waals surface area (Å²) < 4.78 is 0. The number of phenolic OH excluding ortho intramolecular Hbond substituents is 1. The first-order chi connectivity index (χ1) is 15.4. The van der Waals surface area contributed by atoms with Crippen molar-refractivity contribution in [3.8, 4) is 5.75 Å². The topological polar surface area (TPSA) is 117 Å². The van der Waals surface area contributed by atoms with Crippen molar-refractivity contribution in [1.29, 1.82) is 0 Å². The lowest BCUT2D eigenvalue weighted by Gasteiger charge is -2.12. The molecule has 0 aliphatic carbocycles. The van der Waals surface area contributed by atoms with Gasteiger partial charge in [-0.2, -0.15) is 5.11 Å². The Morgan fingerprint density at radius 3 is 2.50 bits per heavy atom. The molecule has 0 unspecified atom stereocenters. The second-order valence-electron chi connectivity index (χ2n) is 7.09. The fourth-order valence-electron chi connectivity index (χ4n) is 3.27. The smallest absolute Gasteiger partial charge is 0.271 e. The molecule has 0 atom stereocenters. The summed E-state index contributed by atoms with van der Waals surface area (Å²) in [6.07, 6.45) is 0. The number of anilines is 1. The van der Waals surface area contributed by atoms with Gasteiger partial charge in [-0.15, -0.1) is 5.11 Å². The predicted molar refractivity (Wildman–Crippen MR) is 122 cm³/mol. The number of phenols is 1. The minimum Gasteiger partial charge on any atom is -0.505 e. The van der Waals surface area contributed by atoms with Crippen LogP contribution >= 0.6 is 0 Å². The van der Waals surface area contributed by atoms with Gasteiger partial charge in [0, 0.05) is 23.2 Å². The van der Waals surface area contributed by atoms with Crippen LogP contribution in [0, 0.1) is 17.0 Å². The molecule has 8 nitrogen and oxygen atoms in total. The van der Waals surface area contributed by atoms with Gasteiger partial charge in [-0.25, -0.2) is 0 Å². The number of nitrogens with one attached hydrogen (secondary N) is 1. The number of rotatable bonds is 5. The molecule has 0 radical (unpaired) electrons. The molecule has 158 valence electrons. The first-order valence-electron chi connectivity index (χ1n) is 9.72. The Kier molecular flexibility index (Phi) is 5.59. The lowest BCUT2D eigenvalue weighted by atomic mass is 10.0. The molecule has 4 aromatic carbocycles. The predicted octanol–water partition coefficient (Wildman–Crippen LogP) is 6.43. The molecule has 0 spiro atoms. The Bertz CT molecular complexity index is 1380. The summed E-state index contributed by atoms with van der Waals surface area (Å²) in [6.45, 7) is 1.87. The van der Waals surface area contributed by atoms with E-state index in [2.05, 4.69) is 15.5 Å². The number of carbonyl (C=O) groups excluding carboxylic acids is 1. The molecule has 0 saturated carbocycles. The fraction of sp³-hybridized carbons (Fsp3) is 0.0417. The van der Waals surface area contributed by atoms with Gasteiger partial charge in [-0.1, -0.05) is 48.5 Å². The second kappa shape index (κ2) is 8.65. The van der Waals surface area contributed by atoms with E-state index in [0.717, 1.165) is 5.56 Å². The third-order valence-corrected chi connectivity index (χ3v) is 4.94. The maximum absolute atomic E-state index is 13.0. The monoisotopic (exact) mass is 426 g/mol. The van der Waals surface area contributed by atoms with Gasteiger partial charge in [0.25, 0.3) is 11.6 Å². The van der Waals surface area contributed by atoms with Crippen molar-refractivity contribution in [2.45, 2.75) is 6.92 Å². The summed E-state index contributed by atoms with van der Waals surface area (Å²) in [5.41, 5.74) is 1.78. The standard InChI is InChI=1S/C24H18N4O4/c1-15-7-2-5-12-21(15)25-24(30)20-13-16-8-3-4-11-19(16)22(23(20)29)27-26-17-9-6-10-18(14-17)28(31)32/h2-14,29H,1H3,(H,25,30). The zero-order valence-corrected chi connectivity index (χ0v) is 17.0. The van der Waals surface area contributed by atoms with Crippen molar-refractivity contribution in [1.82, 2.24) is 0 Å². The van der Waals surface area contributed by atoms with Crippen LogP contribution in [-0.4, -0.2) is 15.9 Å². The minimum absolute atomic E-state index is 0.0416. The molecular formula is C24H18N4O4. The number of nitro benzene ring substituents is 1. The number of amides is 1. The Labute approximate surface area is 183 Å². The minimum atomic E-state index is -0.525. The molecule has 0 aliphatic rings. The molecule has 0 bridgehead atoms. The van der Waals surface area contributed by atoms with Gasteiger partial charge < -0.3 is 10.4 Å². The number of nitrogens with zero attached hydrogens (tertiary/aromatic N) is 3. The van der Waals surface area contributed by atoms with Crippen LogP contribution < -0.4 is 5.32 Å². The number of benzene rings is 4. The van der Waals surface area contributed by atoms with Crippen LogP contribution in [0.4, 0.5) is 22.7 Å². The molecule has 32 heavy (non-hydrogen) atoms. The van der Waals surface area contributed by atoms with E-state index in [1.807, 2.05) is 31.2 Å². The number of aryl methyl sites for hydroxylation is 1. The van der Waals surface area contributed by atoms with Crippen molar-refractivity contribution in [3.63, 3.8) is 0 Å². The first kappa shape index (κ1) is 20.7. The normalized spacial score (nSPS) is 11.0. The first-order valence-corrected chi connectivity index (χ1v) is 9.72. The van der Waals surface area contributed by atoms with Crippen molar-refractivity contribution >= 4 is 39.4 Å². The second-order valence-corrected chi connectivity index (χ2v) is 7.09. The number of aromatic hydroxyl groups is 1. The molecule has 0 aliphatic heterocycles. The van der Waals surface area contributed by atoms with E-state index in [1.165, 1.54) is 18.2 Å². The third kappa shape index (κ3) is 4.15. The van der Waals surface area contributed by atoms with E-state index in [0.29, 0.717) is 16.5 Å². The van der Waals surface area contributed by atoms with Crippen LogP contribution in [-0.2, 0) is 0 Å². The van der Waals surface area contributed by atoms with Crippen LogP contribution in [0.3, 0.4) is 0 Å². The van der Waals surface area contributed by atoms with Gasteiger partial charge >= 0.3 is 0 Å². The van der Waals surface area contributed by atoms with E-state index in [9.17, 15) is 20.0 Å². The van der Waals surface area contributed by atoms with E-state index in [1.54, 1.807) is 36.4 Å². The molecular weight excluding hydrogens is 408 g/mol. The van der Waals surface area contributed by atoms with E-state index in [4.69, 9.17) is 0 Å². The molecule has 0 heterocycles. The zero-order chi connectivity index (χ0) is 22.7. The Hall–Kier alpha value is -4.59. The molecule has 1 amide bonds. The highest BCUT2D eigenvalue weighted by Gasteiger charge is 2.19. The molecule has 0 saturated heterocycles. The van der Waals surface area contributed by atoms with Crippen LogP contribution in [0.5, 0.6) is 5.75 Å². The summed E-state index contributed by atoms with van der Waals surface area (Å²) in [7, 11) is 0. The summed E-state index contributed by atoms with van der Waals surface area (Å²) in [4.78, 5) is 23.4. The lowest BCUT2D eigenvalue weighted by Crippen LogP contribution is -2.13. The molecule has 8 heteroatoms. The number of azo groups is 1. The largest absolute Gasteiger partial charge is 0.505 e. The summed E-state index contributed by atoms with van der Waals surface area (Å²) in [5.74, 6) is -0.821. The van der Waals surface area contributed by atoms with Crippen LogP contribution in [0.15, 0.2) is 89.1 Å². The number of non-ortho nitro benzene ring substituents is 1. The number of para-hydroxylation sites is 1. The lowest BCUT2D eigenvalue weighted by molar-refractivity contribution is -0.384. The molecule has 4 aromatic rings. The fourth-order valence-corrected chi connectivity index (χ4v) is 3.27. The quantitative estimate of drug-likeness (QED) is 0.217. The number of nitro groups is 1. The average Bonchev–Trinajstić information content (AvgIpc) is 2.79. The Morgan fingerprint density at radius 2 is 1.72 bits per heavy atom. The van der Waals surface area contributed by atoms with Crippen molar-refractivity contribution < 1.29 is 14.8 Å². The van der Waals surface area contributed by atoms with Crippen molar-refractivity contribution in [2.75, 3.05) is 5.32 Å². The third-order valence-electron chi connectivity index (χ3n) is 4.94. The number of carbonyl (C=O) groups is 1. The molecule has 0 fully saturated rings. The average molecular weight is 426 g/mol. The van der Waals surface area contributed by atoms with Gasteiger partial charge in [0.1, 0.15) is 5.69 Å². The Morgan fingerprint density at radius 1 is 0.969 bits per heavy atom. The maximum Gasteiger partial charge on any atom is 0.271 e. The highest BCUT2D eigenvalue weighted by Crippen LogP contribution is 2.39. The molecule has 2 N–H and O–H groups in total. The maximum atomic E-state index is 13.0. The van der Waals surface area contributed by atoms with Gasteiger partial charge in [0.15, 0.2) is 5.75 Å².